The molecular weight excluding hydrogens is 222 g/mol. The second kappa shape index (κ2) is 4.97. The van der Waals surface area contributed by atoms with Crippen LogP contribution in [0.25, 0.3) is 0 Å². The minimum Gasteiger partial charge on any atom is -0.508 e. The molecule has 0 aliphatic carbocycles. The van der Waals surface area contributed by atoms with Crippen molar-refractivity contribution in [1.82, 2.24) is 5.32 Å². The van der Waals surface area contributed by atoms with Crippen molar-refractivity contribution >= 4 is 11.8 Å². The summed E-state index contributed by atoms with van der Waals surface area (Å²) in [5.41, 5.74) is 1.14. The Kier molecular flexibility index (Phi) is 3.61. The van der Waals surface area contributed by atoms with Gasteiger partial charge in [0.05, 0.1) is 6.04 Å². The van der Waals surface area contributed by atoms with E-state index in [0.29, 0.717) is 12.6 Å². The minimum absolute atomic E-state index is 0.248. The molecule has 0 saturated heterocycles. The van der Waals surface area contributed by atoms with Crippen molar-refractivity contribution in [2.24, 2.45) is 0 Å². The number of phenolic OH excluding ortho intramolecular Hbond substituents is 1. The van der Waals surface area contributed by atoms with Gasteiger partial charge in [0.15, 0.2) is 0 Å². The van der Waals surface area contributed by atoms with Crippen molar-refractivity contribution in [3.05, 3.63) is 23.8 Å². The molecule has 0 amide bonds. The molecule has 88 valence electrons. The minimum atomic E-state index is 0.248. The Hall–Kier alpha value is -0.870. The molecule has 1 aromatic rings. The van der Waals surface area contributed by atoms with Crippen molar-refractivity contribution in [2.45, 2.75) is 19.0 Å². The van der Waals surface area contributed by atoms with Gasteiger partial charge in [0.25, 0.3) is 0 Å². The first-order chi connectivity index (χ1) is 7.70. The van der Waals surface area contributed by atoms with Crippen molar-refractivity contribution in [3.63, 3.8) is 0 Å². The van der Waals surface area contributed by atoms with E-state index in [-0.39, 0.29) is 11.8 Å². The normalized spacial score (nSPS) is 20.2. The largest absolute Gasteiger partial charge is 0.508 e. The van der Waals surface area contributed by atoms with Gasteiger partial charge >= 0.3 is 0 Å². The van der Waals surface area contributed by atoms with Crippen LogP contribution in [0.4, 0.5) is 0 Å². The number of fused-ring (bicyclic) bond motifs is 1. The molecule has 2 N–H and O–H groups in total. The Morgan fingerprint density at radius 2 is 2.44 bits per heavy atom. The van der Waals surface area contributed by atoms with E-state index < -0.39 is 0 Å². The lowest BCUT2D eigenvalue weighted by Crippen LogP contribution is -2.33. The van der Waals surface area contributed by atoms with Crippen LogP contribution < -0.4 is 10.1 Å². The highest BCUT2D eigenvalue weighted by Crippen LogP contribution is 2.35. The second-order valence-electron chi connectivity index (χ2n) is 4.11. The topological polar surface area (TPSA) is 41.5 Å². The Morgan fingerprint density at radius 3 is 3.19 bits per heavy atom. The molecule has 2 atom stereocenters. The van der Waals surface area contributed by atoms with E-state index in [4.69, 9.17) is 4.74 Å². The highest BCUT2D eigenvalue weighted by atomic mass is 32.2. The van der Waals surface area contributed by atoms with Crippen molar-refractivity contribution in [1.29, 1.82) is 0 Å². The molecule has 2 rings (SSSR count). The Balaban J connectivity index is 2.06. The number of aromatic hydroxyl groups is 1. The predicted octanol–water partition coefficient (Wildman–Crippen LogP) is 2.17. The summed E-state index contributed by atoms with van der Waals surface area (Å²) in [5.74, 6) is 2.15. The number of rotatable bonds is 4. The quantitative estimate of drug-likeness (QED) is 0.845. The van der Waals surface area contributed by atoms with E-state index in [9.17, 15) is 5.11 Å². The number of phenols is 1. The highest BCUT2D eigenvalue weighted by Gasteiger charge is 2.25. The summed E-state index contributed by atoms with van der Waals surface area (Å²) in [5, 5.41) is 12.9. The Morgan fingerprint density at radius 1 is 1.62 bits per heavy atom. The summed E-state index contributed by atoms with van der Waals surface area (Å²) >= 11 is 1.83. The van der Waals surface area contributed by atoms with Crippen LogP contribution in [0.1, 0.15) is 18.5 Å². The molecule has 0 saturated carbocycles. The van der Waals surface area contributed by atoms with Gasteiger partial charge in [-0.05, 0) is 25.3 Å². The third kappa shape index (κ3) is 2.44. The van der Waals surface area contributed by atoms with E-state index in [2.05, 4.69) is 18.5 Å². The first-order valence-corrected chi connectivity index (χ1v) is 6.81. The van der Waals surface area contributed by atoms with Gasteiger partial charge in [0.2, 0.25) is 0 Å². The molecule has 4 heteroatoms. The van der Waals surface area contributed by atoms with Gasteiger partial charge in [-0.2, -0.15) is 11.8 Å². The number of thioether (sulfide) groups is 1. The molecule has 0 fully saturated rings. The van der Waals surface area contributed by atoms with Crippen LogP contribution >= 0.6 is 11.8 Å². The van der Waals surface area contributed by atoms with Gasteiger partial charge in [0.1, 0.15) is 18.1 Å². The lowest BCUT2D eigenvalue weighted by Gasteiger charge is -2.17. The molecule has 1 aliphatic heterocycles. The molecule has 1 aliphatic rings. The SMILES string of the molecule is CSCC(C)NC1COc2cc(O)ccc21. The first kappa shape index (κ1) is 11.6. The second-order valence-corrected chi connectivity index (χ2v) is 5.02. The molecule has 0 aromatic heterocycles. The zero-order valence-electron chi connectivity index (χ0n) is 9.56. The molecule has 3 nitrogen and oxygen atoms in total. The van der Waals surface area contributed by atoms with Crippen LogP contribution in [-0.2, 0) is 0 Å². The summed E-state index contributed by atoms with van der Waals surface area (Å²) in [6.07, 6.45) is 2.11. The maximum absolute atomic E-state index is 9.35. The number of hydrogen-bond donors (Lipinski definition) is 2. The van der Waals surface area contributed by atoms with Crippen LogP contribution in [0.3, 0.4) is 0 Å². The maximum Gasteiger partial charge on any atom is 0.127 e. The van der Waals surface area contributed by atoms with Crippen LogP contribution in [0.15, 0.2) is 18.2 Å². The van der Waals surface area contributed by atoms with Crippen molar-refractivity contribution in [3.8, 4) is 11.5 Å². The monoisotopic (exact) mass is 239 g/mol. The summed E-state index contributed by atoms with van der Waals surface area (Å²) in [6, 6.07) is 6.03. The smallest absolute Gasteiger partial charge is 0.127 e. The van der Waals surface area contributed by atoms with Gasteiger partial charge in [0, 0.05) is 23.4 Å². The summed E-state index contributed by atoms with van der Waals surface area (Å²) in [6.45, 7) is 2.83. The Labute approximate surface area is 100 Å². The molecule has 2 unspecified atom stereocenters. The third-order valence-corrected chi connectivity index (χ3v) is 3.51. The number of hydrogen-bond acceptors (Lipinski definition) is 4. The van der Waals surface area contributed by atoms with Crippen LogP contribution in [0.5, 0.6) is 11.5 Å². The molecule has 0 spiro atoms. The summed E-state index contributed by atoms with van der Waals surface area (Å²) in [7, 11) is 0. The van der Waals surface area contributed by atoms with E-state index in [0.717, 1.165) is 17.1 Å². The summed E-state index contributed by atoms with van der Waals surface area (Å²) < 4.78 is 5.54. The number of nitrogens with one attached hydrogen (secondary N) is 1. The Bertz CT molecular complexity index is 370. The van der Waals surface area contributed by atoms with Crippen LogP contribution in [0.2, 0.25) is 0 Å². The van der Waals surface area contributed by atoms with Gasteiger partial charge < -0.3 is 15.2 Å². The van der Waals surface area contributed by atoms with Crippen LogP contribution in [0, 0.1) is 0 Å². The predicted molar refractivity (Wildman–Crippen MR) is 67.3 cm³/mol. The average Bonchev–Trinajstić information content (AvgIpc) is 2.61. The number of ether oxygens (including phenoxy) is 1. The molecule has 1 heterocycles. The zero-order chi connectivity index (χ0) is 11.5. The zero-order valence-corrected chi connectivity index (χ0v) is 10.4. The standard InChI is InChI=1S/C12H17NO2S/c1-8(7-16-2)13-11-6-15-12-5-9(14)3-4-10(11)12/h3-5,8,11,13-14H,6-7H2,1-2H3. The first-order valence-electron chi connectivity index (χ1n) is 5.41. The van der Waals surface area contributed by atoms with Crippen LogP contribution in [-0.4, -0.2) is 29.8 Å². The van der Waals surface area contributed by atoms with E-state index in [1.807, 2.05) is 17.8 Å². The molecule has 0 bridgehead atoms. The third-order valence-electron chi connectivity index (χ3n) is 2.68. The van der Waals surface area contributed by atoms with Gasteiger partial charge in [-0.1, -0.05) is 0 Å². The van der Waals surface area contributed by atoms with Crippen molar-refractivity contribution in [2.75, 3.05) is 18.6 Å². The summed E-state index contributed by atoms with van der Waals surface area (Å²) in [4.78, 5) is 0. The van der Waals surface area contributed by atoms with E-state index >= 15 is 0 Å². The average molecular weight is 239 g/mol. The van der Waals surface area contributed by atoms with E-state index in [1.165, 1.54) is 0 Å². The van der Waals surface area contributed by atoms with Gasteiger partial charge in [-0.15, -0.1) is 0 Å². The molecular formula is C12H17NO2S. The fourth-order valence-electron chi connectivity index (χ4n) is 1.98. The molecule has 16 heavy (non-hydrogen) atoms. The van der Waals surface area contributed by atoms with Crippen molar-refractivity contribution < 1.29 is 9.84 Å². The highest BCUT2D eigenvalue weighted by molar-refractivity contribution is 7.98. The van der Waals surface area contributed by atoms with E-state index in [1.54, 1.807) is 12.1 Å². The van der Waals surface area contributed by atoms with Gasteiger partial charge in [-0.3, -0.25) is 0 Å². The fraction of sp³-hybridized carbons (Fsp3) is 0.500. The maximum atomic E-state index is 9.35. The molecule has 1 aromatic carbocycles. The number of benzene rings is 1. The fourth-order valence-corrected chi connectivity index (χ4v) is 2.57. The lowest BCUT2D eigenvalue weighted by atomic mass is 10.1. The lowest BCUT2D eigenvalue weighted by molar-refractivity contribution is 0.303. The van der Waals surface area contributed by atoms with Gasteiger partial charge in [-0.25, -0.2) is 0 Å². The molecule has 0 radical (unpaired) electrons.